The van der Waals surface area contributed by atoms with Crippen LogP contribution < -0.4 is 9.30 Å². The van der Waals surface area contributed by atoms with E-state index in [1.54, 1.807) is 6.92 Å². The Morgan fingerprint density at radius 3 is 2.77 bits per heavy atom. The van der Waals surface area contributed by atoms with Crippen molar-refractivity contribution in [2.75, 3.05) is 6.61 Å². The average Bonchev–Trinajstić information content (AvgIpc) is 2.87. The normalized spacial score (nSPS) is 12.5. The summed E-state index contributed by atoms with van der Waals surface area (Å²) < 4.78 is 7.91. The molecule has 0 radical (unpaired) electrons. The maximum atomic E-state index is 9.97. The zero-order valence-electron chi connectivity index (χ0n) is 12.9. The Hall–Kier alpha value is -2.33. The van der Waals surface area contributed by atoms with E-state index in [1.165, 1.54) is 5.56 Å². The summed E-state index contributed by atoms with van der Waals surface area (Å²) in [5.41, 5.74) is 3.28. The van der Waals surface area contributed by atoms with E-state index >= 15 is 0 Å². The number of hydrogen-bond acceptors (Lipinski definition) is 2. The molecule has 114 valence electrons. The van der Waals surface area contributed by atoms with Crippen molar-refractivity contribution in [2.45, 2.75) is 26.5 Å². The number of H-pyrrole nitrogens is 1. The molecule has 1 heterocycles. The van der Waals surface area contributed by atoms with Crippen LogP contribution in [0.25, 0.3) is 11.0 Å². The predicted octanol–water partition coefficient (Wildman–Crippen LogP) is 2.90. The zero-order chi connectivity index (χ0) is 15.5. The van der Waals surface area contributed by atoms with Gasteiger partial charge in [-0.15, -0.1) is 0 Å². The van der Waals surface area contributed by atoms with Crippen molar-refractivity contribution in [1.29, 1.82) is 0 Å². The van der Waals surface area contributed by atoms with Gasteiger partial charge in [0.1, 0.15) is 18.9 Å². The van der Waals surface area contributed by atoms with Crippen molar-refractivity contribution in [3.63, 3.8) is 0 Å². The number of nitrogens with zero attached hydrogens (tertiary/aromatic N) is 1. The number of imidazole rings is 1. The molecule has 1 atom stereocenters. The van der Waals surface area contributed by atoms with Gasteiger partial charge in [-0.1, -0.05) is 24.3 Å². The van der Waals surface area contributed by atoms with Crippen LogP contribution in [0.5, 0.6) is 5.75 Å². The lowest BCUT2D eigenvalue weighted by atomic mass is 10.2. The molecule has 0 aliphatic carbocycles. The maximum absolute atomic E-state index is 9.97. The summed E-state index contributed by atoms with van der Waals surface area (Å²) in [6.45, 7) is 5.04. The molecule has 0 spiro atoms. The number of nitrogens with one attached hydrogen (secondary N) is 1. The topological polar surface area (TPSA) is 49.1 Å². The second kappa shape index (κ2) is 6.20. The van der Waals surface area contributed by atoms with Gasteiger partial charge in [-0.05, 0) is 43.7 Å². The Kier molecular flexibility index (Phi) is 4.11. The number of ether oxygens (including phenoxy) is 1. The van der Waals surface area contributed by atoms with Crippen LogP contribution in [0.2, 0.25) is 0 Å². The van der Waals surface area contributed by atoms with Crippen LogP contribution in [0, 0.1) is 6.92 Å². The number of benzene rings is 2. The molecule has 0 aliphatic rings. The van der Waals surface area contributed by atoms with Crippen LogP contribution in [0.15, 0.2) is 48.5 Å². The number of aromatic nitrogens is 2. The molecule has 0 saturated carbocycles. The highest BCUT2D eigenvalue weighted by Gasteiger charge is 2.21. The number of aliphatic hydroxyl groups excluding tert-OH is 1. The van der Waals surface area contributed by atoms with Gasteiger partial charge in [-0.2, -0.15) is 0 Å². The molecule has 0 saturated heterocycles. The zero-order valence-corrected chi connectivity index (χ0v) is 12.9. The van der Waals surface area contributed by atoms with Gasteiger partial charge in [0, 0.05) is 0 Å². The van der Waals surface area contributed by atoms with Crippen LogP contribution in [0.1, 0.15) is 24.4 Å². The van der Waals surface area contributed by atoms with Gasteiger partial charge >= 0.3 is 0 Å². The second-order valence-electron chi connectivity index (χ2n) is 5.52. The first-order valence-corrected chi connectivity index (χ1v) is 7.53. The second-order valence-corrected chi connectivity index (χ2v) is 5.52. The van der Waals surface area contributed by atoms with E-state index in [0.717, 1.165) is 22.6 Å². The number of fused-ring (bicyclic) bond motifs is 1. The maximum Gasteiger partial charge on any atom is 0.284 e. The third-order valence-electron chi connectivity index (χ3n) is 3.72. The summed E-state index contributed by atoms with van der Waals surface area (Å²) in [4.78, 5) is 3.28. The van der Waals surface area contributed by atoms with E-state index in [0.29, 0.717) is 13.2 Å². The van der Waals surface area contributed by atoms with E-state index in [1.807, 2.05) is 55.5 Å². The minimum atomic E-state index is -0.550. The van der Waals surface area contributed by atoms with Crippen LogP contribution in [-0.4, -0.2) is 16.7 Å². The summed E-state index contributed by atoms with van der Waals surface area (Å²) >= 11 is 0. The van der Waals surface area contributed by atoms with E-state index < -0.39 is 6.10 Å². The van der Waals surface area contributed by atoms with Crippen LogP contribution in [-0.2, 0) is 6.54 Å². The third kappa shape index (κ3) is 2.97. The molecular formula is C18H21N2O2+. The lowest BCUT2D eigenvalue weighted by Gasteiger charge is -2.07. The van der Waals surface area contributed by atoms with Gasteiger partial charge in [0.15, 0.2) is 17.1 Å². The average molecular weight is 297 g/mol. The lowest BCUT2D eigenvalue weighted by molar-refractivity contribution is -0.683. The van der Waals surface area contributed by atoms with Gasteiger partial charge in [-0.3, -0.25) is 0 Å². The van der Waals surface area contributed by atoms with Gasteiger partial charge in [0.25, 0.3) is 5.82 Å². The van der Waals surface area contributed by atoms with Gasteiger partial charge in [-0.25, -0.2) is 9.55 Å². The first-order chi connectivity index (χ1) is 10.6. The summed E-state index contributed by atoms with van der Waals surface area (Å²) in [5.74, 6) is 1.67. The van der Waals surface area contributed by atoms with Crippen molar-refractivity contribution >= 4 is 11.0 Å². The molecule has 0 aliphatic heterocycles. The fourth-order valence-corrected chi connectivity index (χ4v) is 2.68. The fraction of sp³-hybridized carbons (Fsp3) is 0.278. The van der Waals surface area contributed by atoms with Crippen LogP contribution in [0.4, 0.5) is 0 Å². The number of aromatic amines is 1. The lowest BCUT2D eigenvalue weighted by Crippen LogP contribution is -2.40. The summed E-state index contributed by atoms with van der Waals surface area (Å²) in [7, 11) is 0. The minimum absolute atomic E-state index is 0.550. The number of aryl methyl sites for hydroxylation is 1. The summed E-state index contributed by atoms with van der Waals surface area (Å²) in [6.07, 6.45) is -0.550. The number of para-hydroxylation sites is 2. The number of rotatable bonds is 5. The first-order valence-electron chi connectivity index (χ1n) is 7.53. The molecule has 0 amide bonds. The van der Waals surface area contributed by atoms with E-state index in [-0.39, 0.29) is 0 Å². The third-order valence-corrected chi connectivity index (χ3v) is 3.72. The summed E-state index contributed by atoms with van der Waals surface area (Å²) in [6, 6.07) is 16.1. The quantitative estimate of drug-likeness (QED) is 0.711. The van der Waals surface area contributed by atoms with Crippen molar-refractivity contribution in [3.8, 4) is 5.75 Å². The van der Waals surface area contributed by atoms with E-state index in [9.17, 15) is 5.11 Å². The Balaban J connectivity index is 1.79. The molecule has 1 aromatic heterocycles. The molecule has 4 nitrogen and oxygen atoms in total. The molecule has 22 heavy (non-hydrogen) atoms. The fourth-order valence-electron chi connectivity index (χ4n) is 2.68. The van der Waals surface area contributed by atoms with Crippen molar-refractivity contribution in [2.24, 2.45) is 0 Å². The van der Waals surface area contributed by atoms with Crippen molar-refractivity contribution in [1.82, 2.24) is 4.98 Å². The van der Waals surface area contributed by atoms with Crippen molar-refractivity contribution in [3.05, 3.63) is 59.9 Å². The largest absolute Gasteiger partial charge is 0.489 e. The smallest absolute Gasteiger partial charge is 0.284 e. The molecular weight excluding hydrogens is 276 g/mol. The highest BCUT2D eigenvalue weighted by atomic mass is 16.5. The molecule has 2 N–H and O–H groups in total. The Labute approximate surface area is 130 Å². The van der Waals surface area contributed by atoms with Gasteiger partial charge in [0.2, 0.25) is 0 Å². The van der Waals surface area contributed by atoms with E-state index in [4.69, 9.17) is 4.74 Å². The standard InChI is InChI=1S/C18H20N2O2/c1-13-6-5-7-15(12-13)22-11-10-20-17-9-4-3-8-16(17)19-18(20)14(2)21/h3-9,12,14,21H,10-11H2,1-2H3/p+1. The highest BCUT2D eigenvalue weighted by Crippen LogP contribution is 2.15. The highest BCUT2D eigenvalue weighted by molar-refractivity contribution is 5.71. The predicted molar refractivity (Wildman–Crippen MR) is 85.8 cm³/mol. The first kappa shape index (κ1) is 14.6. The number of hydrogen-bond donors (Lipinski definition) is 2. The molecule has 3 aromatic rings. The van der Waals surface area contributed by atoms with E-state index in [2.05, 4.69) is 9.55 Å². The van der Waals surface area contributed by atoms with Crippen LogP contribution >= 0.6 is 0 Å². The van der Waals surface area contributed by atoms with Gasteiger partial charge < -0.3 is 9.84 Å². The van der Waals surface area contributed by atoms with Crippen LogP contribution in [0.3, 0.4) is 0 Å². The Bertz CT molecular complexity index is 778. The molecule has 0 bridgehead atoms. The SMILES string of the molecule is Cc1cccc(OCC[n+]2c(C(C)O)[nH]c3ccccc32)c1. The molecule has 0 fully saturated rings. The molecule has 4 heteroatoms. The van der Waals surface area contributed by atoms with Gasteiger partial charge in [0.05, 0.1) is 0 Å². The summed E-state index contributed by atoms with van der Waals surface area (Å²) in [5, 5.41) is 9.97. The number of aliphatic hydroxyl groups is 1. The molecule has 1 unspecified atom stereocenters. The minimum Gasteiger partial charge on any atom is -0.489 e. The monoisotopic (exact) mass is 297 g/mol. The molecule has 3 rings (SSSR count). The Morgan fingerprint density at radius 1 is 1.18 bits per heavy atom. The Morgan fingerprint density at radius 2 is 2.00 bits per heavy atom. The van der Waals surface area contributed by atoms with Crippen molar-refractivity contribution < 1.29 is 14.4 Å². The molecule has 2 aromatic carbocycles.